The van der Waals surface area contributed by atoms with Crippen molar-refractivity contribution in [3.63, 3.8) is 0 Å². The molecule has 7 nitrogen and oxygen atoms in total. The normalized spacial score (nSPS) is 19.9. The van der Waals surface area contributed by atoms with Crippen molar-refractivity contribution in [2.45, 2.75) is 18.6 Å². The van der Waals surface area contributed by atoms with Crippen LogP contribution in [-0.4, -0.2) is 26.9 Å². The summed E-state index contributed by atoms with van der Waals surface area (Å²) in [6.45, 7) is 0.164. The first-order valence-electron chi connectivity index (χ1n) is 7.75. The first-order valence-corrected chi connectivity index (χ1v) is 7.75. The predicted octanol–water partition coefficient (Wildman–Crippen LogP) is 0.407. The fraction of sp³-hybridized carbons (Fsp3) is 0.353. The number of rotatable bonds is 2. The summed E-state index contributed by atoms with van der Waals surface area (Å²) < 4.78 is 15.3. The molecule has 0 amide bonds. The van der Waals surface area contributed by atoms with Gasteiger partial charge in [-0.05, 0) is 24.1 Å². The Kier molecular flexibility index (Phi) is 4.18. The van der Waals surface area contributed by atoms with Gasteiger partial charge in [-0.3, -0.25) is 13.9 Å². The van der Waals surface area contributed by atoms with E-state index in [-0.39, 0.29) is 29.8 Å². The summed E-state index contributed by atoms with van der Waals surface area (Å²) >= 11 is 0. The highest BCUT2D eigenvalue weighted by atomic mass is 19.1. The van der Waals surface area contributed by atoms with Gasteiger partial charge in [-0.2, -0.15) is 5.26 Å². The van der Waals surface area contributed by atoms with E-state index >= 15 is 0 Å². The highest BCUT2D eigenvalue weighted by Gasteiger charge is 2.36. The standard InChI is InChI=1S/C17H17FN4O3/c1-20-15(13(8-19)16(24)21(2)17(20)25)22-9-12(23)7-14(22)10-3-5-11(18)6-4-10/h3-6,12,14,23H,7,9H2,1-2H3/t12-,14-/m1/s1. The fourth-order valence-corrected chi connectivity index (χ4v) is 3.32. The second kappa shape index (κ2) is 6.18. The monoisotopic (exact) mass is 344 g/mol. The Hall–Kier alpha value is -2.92. The number of anilines is 1. The van der Waals surface area contributed by atoms with Gasteiger partial charge in [0.25, 0.3) is 5.56 Å². The number of hydrogen-bond donors (Lipinski definition) is 1. The van der Waals surface area contributed by atoms with E-state index in [4.69, 9.17) is 0 Å². The van der Waals surface area contributed by atoms with E-state index in [1.54, 1.807) is 17.0 Å². The summed E-state index contributed by atoms with van der Waals surface area (Å²) in [5, 5.41) is 19.6. The Morgan fingerprint density at radius 2 is 1.84 bits per heavy atom. The Labute approximate surface area is 142 Å². The van der Waals surface area contributed by atoms with Crippen LogP contribution in [0.4, 0.5) is 10.2 Å². The molecule has 130 valence electrons. The van der Waals surface area contributed by atoms with Gasteiger partial charge < -0.3 is 10.0 Å². The van der Waals surface area contributed by atoms with Gasteiger partial charge in [0.05, 0.1) is 12.1 Å². The Bertz CT molecular complexity index is 972. The molecule has 0 saturated carbocycles. The van der Waals surface area contributed by atoms with Crippen LogP contribution in [0.15, 0.2) is 33.9 Å². The summed E-state index contributed by atoms with van der Waals surface area (Å²) in [5.41, 5.74) is -0.668. The van der Waals surface area contributed by atoms with Gasteiger partial charge in [-0.15, -0.1) is 0 Å². The maximum Gasteiger partial charge on any atom is 0.332 e. The lowest BCUT2D eigenvalue weighted by atomic mass is 10.0. The van der Waals surface area contributed by atoms with Crippen molar-refractivity contribution in [1.82, 2.24) is 9.13 Å². The van der Waals surface area contributed by atoms with Crippen molar-refractivity contribution in [3.8, 4) is 6.07 Å². The van der Waals surface area contributed by atoms with Crippen LogP contribution in [0.3, 0.4) is 0 Å². The molecule has 1 N–H and O–H groups in total. The lowest BCUT2D eigenvalue weighted by Crippen LogP contribution is -2.42. The zero-order chi connectivity index (χ0) is 18.3. The summed E-state index contributed by atoms with van der Waals surface area (Å²) in [6, 6.07) is 7.31. The van der Waals surface area contributed by atoms with E-state index in [0.29, 0.717) is 6.42 Å². The largest absolute Gasteiger partial charge is 0.391 e. The van der Waals surface area contributed by atoms with E-state index < -0.39 is 17.4 Å². The zero-order valence-electron chi connectivity index (χ0n) is 13.8. The van der Waals surface area contributed by atoms with Gasteiger partial charge in [0, 0.05) is 20.6 Å². The maximum absolute atomic E-state index is 13.2. The van der Waals surface area contributed by atoms with Gasteiger partial charge in [-0.1, -0.05) is 12.1 Å². The number of β-amino-alcohol motifs (C(OH)–C–C–N with tert-alkyl or cyclic N) is 1. The number of hydrogen-bond acceptors (Lipinski definition) is 5. The molecule has 1 aromatic carbocycles. The van der Waals surface area contributed by atoms with Crippen LogP contribution in [0, 0.1) is 17.1 Å². The predicted molar refractivity (Wildman–Crippen MR) is 88.7 cm³/mol. The minimum absolute atomic E-state index is 0.161. The van der Waals surface area contributed by atoms with Crippen LogP contribution >= 0.6 is 0 Å². The summed E-state index contributed by atoms with van der Waals surface area (Å²) in [4.78, 5) is 26.3. The number of aliphatic hydroxyl groups is 1. The van der Waals surface area contributed by atoms with Gasteiger partial charge in [0.1, 0.15) is 17.7 Å². The Balaban J connectivity index is 2.21. The fourth-order valence-electron chi connectivity index (χ4n) is 3.32. The SMILES string of the molecule is Cn1c(N2C[C@H](O)C[C@@H]2c2ccc(F)cc2)c(C#N)c(=O)n(C)c1=O. The molecule has 1 saturated heterocycles. The van der Waals surface area contributed by atoms with Crippen LogP contribution in [-0.2, 0) is 14.1 Å². The number of aromatic nitrogens is 2. The minimum atomic E-state index is -0.694. The molecular formula is C17H17FN4O3. The molecule has 2 aromatic rings. The van der Waals surface area contributed by atoms with Crippen molar-refractivity contribution < 1.29 is 9.50 Å². The van der Waals surface area contributed by atoms with E-state index in [0.717, 1.165) is 10.1 Å². The number of halogens is 1. The molecule has 0 unspecified atom stereocenters. The summed E-state index contributed by atoms with van der Waals surface area (Å²) in [5.74, 6) is -0.214. The Morgan fingerprint density at radius 3 is 2.44 bits per heavy atom. The molecule has 1 fully saturated rings. The molecule has 1 aromatic heterocycles. The lowest BCUT2D eigenvalue weighted by molar-refractivity contribution is 0.194. The van der Waals surface area contributed by atoms with Gasteiger partial charge in [0.15, 0.2) is 5.56 Å². The van der Waals surface area contributed by atoms with Crippen LogP contribution in [0.25, 0.3) is 0 Å². The third-order valence-corrected chi connectivity index (χ3v) is 4.55. The third kappa shape index (κ3) is 2.72. The molecule has 1 aliphatic heterocycles. The van der Waals surface area contributed by atoms with Gasteiger partial charge in [-0.25, -0.2) is 9.18 Å². The van der Waals surface area contributed by atoms with E-state index in [1.165, 1.54) is 30.8 Å². The Morgan fingerprint density at radius 1 is 1.20 bits per heavy atom. The maximum atomic E-state index is 13.2. The van der Waals surface area contributed by atoms with Crippen LogP contribution in [0.1, 0.15) is 23.6 Å². The van der Waals surface area contributed by atoms with E-state index in [1.807, 2.05) is 6.07 Å². The van der Waals surface area contributed by atoms with Crippen molar-refractivity contribution in [1.29, 1.82) is 5.26 Å². The number of aliphatic hydroxyl groups excluding tert-OH is 1. The zero-order valence-corrected chi connectivity index (χ0v) is 13.8. The first kappa shape index (κ1) is 16.9. The molecule has 0 radical (unpaired) electrons. The van der Waals surface area contributed by atoms with Crippen LogP contribution < -0.4 is 16.1 Å². The molecule has 8 heteroatoms. The van der Waals surface area contributed by atoms with Gasteiger partial charge in [0.2, 0.25) is 0 Å². The number of nitriles is 1. The molecule has 0 aliphatic carbocycles. The highest BCUT2D eigenvalue weighted by molar-refractivity contribution is 5.56. The smallest absolute Gasteiger partial charge is 0.332 e. The highest BCUT2D eigenvalue weighted by Crippen LogP contribution is 2.36. The molecule has 3 rings (SSSR count). The average Bonchev–Trinajstić information content (AvgIpc) is 2.98. The third-order valence-electron chi connectivity index (χ3n) is 4.55. The molecule has 0 spiro atoms. The molecular weight excluding hydrogens is 327 g/mol. The van der Waals surface area contributed by atoms with Crippen molar-refractivity contribution in [2.24, 2.45) is 14.1 Å². The summed E-state index contributed by atoms with van der Waals surface area (Å²) in [6.07, 6.45) is -0.347. The van der Waals surface area contributed by atoms with E-state index in [9.17, 15) is 24.3 Å². The minimum Gasteiger partial charge on any atom is -0.391 e. The second-order valence-corrected chi connectivity index (χ2v) is 6.13. The second-order valence-electron chi connectivity index (χ2n) is 6.13. The summed E-state index contributed by atoms with van der Waals surface area (Å²) in [7, 11) is 2.79. The molecule has 2 atom stereocenters. The lowest BCUT2D eigenvalue weighted by Gasteiger charge is -2.29. The molecule has 2 heterocycles. The van der Waals surface area contributed by atoms with E-state index in [2.05, 4.69) is 0 Å². The topological polar surface area (TPSA) is 91.3 Å². The molecule has 1 aliphatic rings. The molecule has 25 heavy (non-hydrogen) atoms. The average molecular weight is 344 g/mol. The number of benzene rings is 1. The number of nitrogens with zero attached hydrogens (tertiary/aromatic N) is 4. The van der Waals surface area contributed by atoms with Crippen molar-refractivity contribution >= 4 is 5.82 Å². The van der Waals surface area contributed by atoms with Crippen LogP contribution in [0.2, 0.25) is 0 Å². The quantitative estimate of drug-likeness (QED) is 0.852. The van der Waals surface area contributed by atoms with Crippen molar-refractivity contribution in [3.05, 3.63) is 62.0 Å². The van der Waals surface area contributed by atoms with Crippen molar-refractivity contribution in [2.75, 3.05) is 11.4 Å². The first-order chi connectivity index (χ1) is 11.8. The van der Waals surface area contributed by atoms with Gasteiger partial charge >= 0.3 is 5.69 Å². The molecule has 0 bridgehead atoms. The van der Waals surface area contributed by atoms with Crippen LogP contribution in [0.5, 0.6) is 0 Å².